The van der Waals surface area contributed by atoms with E-state index in [9.17, 15) is 14.3 Å². The molecule has 0 radical (unpaired) electrons. The topological polar surface area (TPSA) is 75.4 Å². The number of aliphatic hydroxyl groups excluding tert-OH is 1. The number of rotatable bonds is 4. The summed E-state index contributed by atoms with van der Waals surface area (Å²) in [7, 11) is 0. The molecule has 2 unspecified atom stereocenters. The largest absolute Gasteiger partial charge is 0.386 e. The molecule has 2 atom stereocenters. The van der Waals surface area contributed by atoms with Crippen LogP contribution in [-0.4, -0.2) is 22.2 Å². The molecule has 1 aromatic heterocycles. The van der Waals surface area contributed by atoms with Crippen molar-refractivity contribution in [3.8, 4) is 0 Å². The van der Waals surface area contributed by atoms with Crippen molar-refractivity contribution in [3.63, 3.8) is 0 Å². The van der Waals surface area contributed by atoms with E-state index in [0.29, 0.717) is 11.3 Å². The van der Waals surface area contributed by atoms with E-state index in [0.717, 1.165) is 0 Å². The van der Waals surface area contributed by atoms with E-state index in [1.807, 2.05) is 0 Å². The fourth-order valence-electron chi connectivity index (χ4n) is 1.78. The first-order valence-corrected chi connectivity index (χ1v) is 6.15. The number of amides is 1. The summed E-state index contributed by atoms with van der Waals surface area (Å²) in [5, 5.41) is 16.3. The molecule has 0 aliphatic rings. The number of nitrogens with zero attached hydrogens (tertiary/aromatic N) is 1. The molecule has 0 spiro atoms. The highest BCUT2D eigenvalue weighted by molar-refractivity contribution is 5.91. The monoisotopic (exact) mass is 278 g/mol. The lowest BCUT2D eigenvalue weighted by Crippen LogP contribution is -2.36. The highest BCUT2D eigenvalue weighted by Crippen LogP contribution is 2.17. The zero-order chi connectivity index (χ0) is 14.7. The van der Waals surface area contributed by atoms with Gasteiger partial charge in [-0.2, -0.15) is 0 Å². The van der Waals surface area contributed by atoms with Gasteiger partial charge in [-0.3, -0.25) is 4.79 Å². The number of aliphatic hydroxyl groups is 1. The van der Waals surface area contributed by atoms with Crippen LogP contribution in [0.25, 0.3) is 0 Å². The Labute approximate surface area is 115 Å². The number of aromatic nitrogens is 1. The summed E-state index contributed by atoms with van der Waals surface area (Å²) in [4.78, 5) is 11.8. The minimum atomic E-state index is -0.941. The smallest absolute Gasteiger partial charge is 0.290 e. The second kappa shape index (κ2) is 5.83. The summed E-state index contributed by atoms with van der Waals surface area (Å²) in [5.74, 6) is -0.755. The van der Waals surface area contributed by atoms with Crippen molar-refractivity contribution in [1.29, 1.82) is 0 Å². The van der Waals surface area contributed by atoms with Crippen LogP contribution in [0.15, 0.2) is 34.9 Å². The standard InChI is InChI=1S/C14H15FN2O3/c1-8-7-12(20-17-8)14(19)16-9(2)13(18)10-3-5-11(15)6-4-10/h3-7,9,13,18H,1-2H3,(H,16,19). The van der Waals surface area contributed by atoms with Gasteiger partial charge in [0.1, 0.15) is 5.82 Å². The number of aryl methyl sites for hydroxylation is 1. The fraction of sp³-hybridized carbons (Fsp3) is 0.286. The molecule has 1 amide bonds. The van der Waals surface area contributed by atoms with Gasteiger partial charge in [0.15, 0.2) is 0 Å². The van der Waals surface area contributed by atoms with Crippen LogP contribution in [0.2, 0.25) is 0 Å². The van der Waals surface area contributed by atoms with Gasteiger partial charge in [0.05, 0.1) is 17.8 Å². The van der Waals surface area contributed by atoms with Gasteiger partial charge in [-0.1, -0.05) is 17.3 Å². The van der Waals surface area contributed by atoms with Gasteiger partial charge in [-0.05, 0) is 31.5 Å². The first-order chi connectivity index (χ1) is 9.47. The summed E-state index contributed by atoms with van der Waals surface area (Å²) >= 11 is 0. The van der Waals surface area contributed by atoms with Crippen molar-refractivity contribution in [3.05, 3.63) is 53.2 Å². The molecule has 1 aromatic carbocycles. The molecular formula is C14H15FN2O3. The molecule has 0 bridgehead atoms. The van der Waals surface area contributed by atoms with Gasteiger partial charge in [0.2, 0.25) is 5.76 Å². The van der Waals surface area contributed by atoms with Gasteiger partial charge in [-0.25, -0.2) is 4.39 Å². The first-order valence-electron chi connectivity index (χ1n) is 6.15. The van der Waals surface area contributed by atoms with Crippen molar-refractivity contribution in [2.45, 2.75) is 26.0 Å². The fourth-order valence-corrected chi connectivity index (χ4v) is 1.78. The SMILES string of the molecule is Cc1cc(C(=O)NC(C)C(O)c2ccc(F)cc2)on1. The van der Waals surface area contributed by atoms with E-state index in [1.165, 1.54) is 30.3 Å². The number of benzene rings is 1. The molecule has 2 N–H and O–H groups in total. The molecule has 0 aliphatic heterocycles. The van der Waals surface area contributed by atoms with Gasteiger partial charge in [-0.15, -0.1) is 0 Å². The van der Waals surface area contributed by atoms with Crippen LogP contribution in [0, 0.1) is 12.7 Å². The summed E-state index contributed by atoms with van der Waals surface area (Å²) in [5.41, 5.74) is 1.12. The second-order valence-electron chi connectivity index (χ2n) is 4.59. The first kappa shape index (κ1) is 14.2. The van der Waals surface area contributed by atoms with Crippen molar-refractivity contribution in [1.82, 2.24) is 10.5 Å². The average Bonchev–Trinajstić information content (AvgIpc) is 2.85. The number of hydrogen-bond acceptors (Lipinski definition) is 4. The molecular weight excluding hydrogens is 263 g/mol. The number of nitrogens with one attached hydrogen (secondary N) is 1. The number of halogens is 1. The second-order valence-corrected chi connectivity index (χ2v) is 4.59. The summed E-state index contributed by atoms with van der Waals surface area (Å²) < 4.78 is 17.6. The van der Waals surface area contributed by atoms with E-state index in [1.54, 1.807) is 13.8 Å². The number of carbonyl (C=O) groups excluding carboxylic acids is 1. The molecule has 6 heteroatoms. The average molecular weight is 278 g/mol. The Kier molecular flexibility index (Phi) is 4.14. The number of hydrogen-bond donors (Lipinski definition) is 2. The lowest BCUT2D eigenvalue weighted by atomic mass is 10.0. The van der Waals surface area contributed by atoms with E-state index < -0.39 is 18.1 Å². The Hall–Kier alpha value is -2.21. The van der Waals surface area contributed by atoms with Crippen LogP contribution in [0.4, 0.5) is 4.39 Å². The molecule has 106 valence electrons. The van der Waals surface area contributed by atoms with Crippen LogP contribution in [-0.2, 0) is 0 Å². The third-order valence-electron chi connectivity index (χ3n) is 2.90. The van der Waals surface area contributed by atoms with Gasteiger partial charge in [0, 0.05) is 6.07 Å². The Balaban J connectivity index is 2.02. The molecule has 2 rings (SSSR count). The minimum Gasteiger partial charge on any atom is -0.386 e. The molecule has 0 saturated carbocycles. The van der Waals surface area contributed by atoms with Crippen LogP contribution in [0.1, 0.15) is 34.8 Å². The lowest BCUT2D eigenvalue weighted by molar-refractivity contribution is 0.0817. The summed E-state index contributed by atoms with van der Waals surface area (Å²) in [6, 6.07) is 6.41. The Morgan fingerprint density at radius 3 is 2.60 bits per heavy atom. The maximum atomic E-state index is 12.8. The zero-order valence-electron chi connectivity index (χ0n) is 11.1. The molecule has 0 saturated heterocycles. The normalized spacial score (nSPS) is 13.8. The lowest BCUT2D eigenvalue weighted by Gasteiger charge is -2.19. The summed E-state index contributed by atoms with van der Waals surface area (Å²) in [6.45, 7) is 3.35. The molecule has 20 heavy (non-hydrogen) atoms. The van der Waals surface area contributed by atoms with Crippen molar-refractivity contribution < 1.29 is 18.8 Å². The maximum Gasteiger partial charge on any atom is 0.290 e. The molecule has 0 fully saturated rings. The number of carbonyl (C=O) groups is 1. The van der Waals surface area contributed by atoms with Crippen molar-refractivity contribution in [2.24, 2.45) is 0 Å². The third kappa shape index (κ3) is 3.21. The highest BCUT2D eigenvalue weighted by atomic mass is 19.1. The van der Waals surface area contributed by atoms with Crippen LogP contribution < -0.4 is 5.32 Å². The third-order valence-corrected chi connectivity index (χ3v) is 2.90. The Bertz CT molecular complexity index is 595. The van der Waals surface area contributed by atoms with Gasteiger partial charge >= 0.3 is 0 Å². The maximum absolute atomic E-state index is 12.8. The zero-order valence-corrected chi connectivity index (χ0v) is 11.1. The van der Waals surface area contributed by atoms with E-state index in [4.69, 9.17) is 4.52 Å². The van der Waals surface area contributed by atoms with Crippen molar-refractivity contribution >= 4 is 5.91 Å². The Morgan fingerprint density at radius 2 is 2.05 bits per heavy atom. The Morgan fingerprint density at radius 1 is 1.40 bits per heavy atom. The van der Waals surface area contributed by atoms with Gasteiger partial charge < -0.3 is 14.9 Å². The minimum absolute atomic E-state index is 0.0839. The van der Waals surface area contributed by atoms with E-state index >= 15 is 0 Å². The molecule has 5 nitrogen and oxygen atoms in total. The predicted octanol–water partition coefficient (Wildman–Crippen LogP) is 1.97. The molecule has 2 aromatic rings. The molecule has 0 aliphatic carbocycles. The van der Waals surface area contributed by atoms with Gasteiger partial charge in [0.25, 0.3) is 5.91 Å². The van der Waals surface area contributed by atoms with E-state index in [-0.39, 0.29) is 11.6 Å². The van der Waals surface area contributed by atoms with E-state index in [2.05, 4.69) is 10.5 Å². The van der Waals surface area contributed by atoms with Crippen LogP contribution in [0.5, 0.6) is 0 Å². The van der Waals surface area contributed by atoms with Crippen LogP contribution >= 0.6 is 0 Å². The summed E-state index contributed by atoms with van der Waals surface area (Å²) in [6.07, 6.45) is -0.941. The van der Waals surface area contributed by atoms with Crippen LogP contribution in [0.3, 0.4) is 0 Å². The predicted molar refractivity (Wildman–Crippen MR) is 69.5 cm³/mol. The quantitative estimate of drug-likeness (QED) is 0.896. The highest BCUT2D eigenvalue weighted by Gasteiger charge is 2.21. The molecule has 1 heterocycles. The van der Waals surface area contributed by atoms with Crippen molar-refractivity contribution in [2.75, 3.05) is 0 Å².